The molecule has 2 aliphatic rings. The number of pyridine rings is 2. The van der Waals surface area contributed by atoms with Gasteiger partial charge < -0.3 is 25.6 Å². The third kappa shape index (κ3) is 16.6. The lowest BCUT2D eigenvalue weighted by atomic mass is 9.77. The summed E-state index contributed by atoms with van der Waals surface area (Å²) < 4.78 is 10.1. The molecule has 4 atom stereocenters. The van der Waals surface area contributed by atoms with Crippen LogP contribution in [0.3, 0.4) is 0 Å². The Kier molecular flexibility index (Phi) is 24.1. The number of nitrogens with zero attached hydrogens (tertiary/aromatic N) is 7. The van der Waals surface area contributed by atoms with Gasteiger partial charge in [0.05, 0.1) is 22.9 Å². The molecule has 0 radical (unpaired) electrons. The van der Waals surface area contributed by atoms with E-state index in [0.717, 1.165) is 102 Å². The summed E-state index contributed by atoms with van der Waals surface area (Å²) in [7, 11) is -0.171. The van der Waals surface area contributed by atoms with Crippen molar-refractivity contribution in [3.8, 4) is 22.5 Å². The topological polar surface area (TPSA) is 161 Å². The molecule has 15 heteroatoms. The molecule has 0 bridgehead atoms. The summed E-state index contributed by atoms with van der Waals surface area (Å²) in [6.45, 7) is 14.8. The van der Waals surface area contributed by atoms with E-state index in [2.05, 4.69) is 250 Å². The first kappa shape index (κ1) is 76.6. The minimum atomic E-state index is -0.849. The third-order valence-corrected chi connectivity index (χ3v) is 25.5. The van der Waals surface area contributed by atoms with Crippen LogP contribution in [0.4, 0.5) is 16.2 Å². The first-order valence-electron chi connectivity index (χ1n) is 39.4. The smallest absolute Gasteiger partial charge is 0.410 e. The highest BCUT2D eigenvalue weighted by atomic mass is 28.3. The van der Waals surface area contributed by atoms with Crippen LogP contribution in [-0.4, -0.2) is 92.9 Å². The van der Waals surface area contributed by atoms with Crippen molar-refractivity contribution in [2.45, 2.75) is 101 Å². The van der Waals surface area contributed by atoms with Gasteiger partial charge in [0.2, 0.25) is 11.8 Å². The van der Waals surface area contributed by atoms with Crippen LogP contribution in [0.5, 0.6) is 0 Å². The second-order valence-corrected chi connectivity index (χ2v) is 34.4. The number of rotatable bonds is 19. The average molecular weight is 1500 g/mol. The van der Waals surface area contributed by atoms with Crippen LogP contribution in [0.15, 0.2) is 328 Å². The van der Waals surface area contributed by atoms with Crippen molar-refractivity contribution in [1.82, 2.24) is 39.7 Å². The van der Waals surface area contributed by atoms with Crippen molar-refractivity contribution < 1.29 is 19.1 Å². The molecule has 112 heavy (non-hydrogen) atoms. The van der Waals surface area contributed by atoms with Crippen molar-refractivity contribution in [3.05, 3.63) is 373 Å². The second kappa shape index (κ2) is 35.2. The number of amides is 3. The molecule has 0 aliphatic carbocycles. The van der Waals surface area contributed by atoms with Gasteiger partial charge in [-0.1, -0.05) is 282 Å². The summed E-state index contributed by atoms with van der Waals surface area (Å²) in [6, 6.07) is 108. The quantitative estimate of drug-likeness (QED) is 0.0529. The van der Waals surface area contributed by atoms with Crippen molar-refractivity contribution in [1.29, 1.82) is 0 Å². The van der Waals surface area contributed by atoms with E-state index < -0.39 is 28.7 Å². The predicted octanol–water partition coefficient (Wildman–Crippen LogP) is 20.5. The minimum absolute atomic E-state index is 0.0192. The van der Waals surface area contributed by atoms with Crippen LogP contribution in [0, 0.1) is 11.8 Å². The number of ether oxygens (including phenoxy) is 1. The number of piperidine rings is 2. The molecule has 4 aromatic heterocycles. The third-order valence-electron chi connectivity index (χ3n) is 22.1. The maximum atomic E-state index is 14.3. The molecule has 14 aromatic rings. The Labute approximate surface area is 659 Å². The number of hydrogen-bond acceptors (Lipinski definition) is 9. The van der Waals surface area contributed by atoms with Gasteiger partial charge in [-0.25, -0.2) is 14.2 Å². The zero-order valence-corrected chi connectivity index (χ0v) is 65.8. The van der Waals surface area contributed by atoms with E-state index in [9.17, 15) is 14.4 Å². The van der Waals surface area contributed by atoms with Crippen LogP contribution in [0.25, 0.3) is 44.3 Å². The Balaban J connectivity index is 0.000000173. The molecule has 6 heterocycles. The summed E-state index contributed by atoms with van der Waals surface area (Å²) in [6.07, 6.45) is 8.13. The lowest BCUT2D eigenvalue weighted by Crippen LogP contribution is -2.48. The molecular weight excluding hydrogens is 1400 g/mol. The Bertz CT molecular complexity index is 5190. The SMILES string of the molecule is CC(C)(C)OC(=O)N1CC(C(=O)Nc2ccc3c(c2)c(-c2ccncc2)nn3C(c2ccccc2)(c2ccccc2)c2ccccc2)CC(c2ccccc2)C1.CC[SiH](CC)CC.O=C(Nc1ccc2c(c1)c(-c1ccncc1)nn2C(c1ccccc1)(c1ccccc1)c1ccccc1)C1CNCC(c2ccccc2)C1. The molecule has 14 nitrogen and oxygen atoms in total. The normalized spacial score (nSPS) is 15.8. The molecule has 0 saturated carbocycles. The molecule has 564 valence electrons. The Morgan fingerprint density at radius 2 is 0.759 bits per heavy atom. The van der Waals surface area contributed by atoms with Crippen LogP contribution < -0.4 is 16.0 Å². The number of benzene rings is 10. The van der Waals surface area contributed by atoms with E-state index in [1.807, 2.05) is 130 Å². The highest BCUT2D eigenvalue weighted by molar-refractivity contribution is 6.58. The number of carbonyl (C=O) groups is 3. The van der Waals surface area contributed by atoms with Crippen LogP contribution in [0.2, 0.25) is 18.1 Å². The van der Waals surface area contributed by atoms with Crippen LogP contribution in [-0.2, 0) is 25.4 Å². The Morgan fingerprint density at radius 1 is 0.420 bits per heavy atom. The maximum absolute atomic E-state index is 14.3. The van der Waals surface area contributed by atoms with Gasteiger partial charge >= 0.3 is 6.09 Å². The van der Waals surface area contributed by atoms with E-state index in [-0.39, 0.29) is 39.0 Å². The Morgan fingerprint density at radius 3 is 1.11 bits per heavy atom. The van der Waals surface area contributed by atoms with Crippen molar-refractivity contribution in [3.63, 3.8) is 0 Å². The van der Waals surface area contributed by atoms with Gasteiger partial charge in [0.1, 0.15) is 28.1 Å². The monoisotopic (exact) mass is 1490 g/mol. The standard InChI is InChI=1S/C48H45N5O3.C43H37N5O.C6H16Si/c1-47(2,3)56-46(55)52-32-36(34-16-8-4-9-17-34)30-37(33-52)45(54)50-41-24-25-43-42(31-41)44(35-26-28-49-29-27-35)51-53(43)48(38-18-10-5-11-19-38,39-20-12-6-13-21-39)40-22-14-7-15-23-40;49-42(34-27-33(29-45-30-34)31-13-5-1-6-14-31)46-38-21-22-40-39(28-38)41(32-23-25-44-26-24-32)47-48(40)43(35-15-7-2-8-16-35,36-17-9-3-10-18-36)37-19-11-4-12-20-37;1-4-7(5-2)6-3/h4-29,31,36-37H,30,32-33H2,1-3H3,(H,50,54);1-26,28,33-34,45H,27,29-30H2,(H,46,49);7H,4-6H2,1-3H3. The number of anilines is 2. The lowest BCUT2D eigenvalue weighted by Gasteiger charge is -2.38. The predicted molar refractivity (Wildman–Crippen MR) is 456 cm³/mol. The van der Waals surface area contributed by atoms with Crippen LogP contribution in [0.1, 0.15) is 111 Å². The fourth-order valence-corrected chi connectivity index (χ4v) is 18.1. The van der Waals surface area contributed by atoms with E-state index in [0.29, 0.717) is 31.1 Å². The lowest BCUT2D eigenvalue weighted by molar-refractivity contribution is -0.122. The summed E-state index contributed by atoms with van der Waals surface area (Å²) >= 11 is 0. The number of likely N-dealkylation sites (tertiary alicyclic amines) is 1. The number of carbonyl (C=O) groups excluding carboxylic acids is 3. The van der Waals surface area contributed by atoms with Gasteiger partial charge in [-0.3, -0.25) is 19.6 Å². The zero-order valence-electron chi connectivity index (χ0n) is 64.7. The molecular formula is C97H98N10O4Si. The van der Waals surface area contributed by atoms with Gasteiger partial charge in [0.15, 0.2) is 0 Å². The average Bonchev–Trinajstić information content (AvgIpc) is 1.53. The number of hydrogen-bond donors (Lipinski definition) is 3. The Hall–Kier alpha value is -12.2. The molecule has 2 saturated heterocycles. The summed E-state index contributed by atoms with van der Waals surface area (Å²) in [5.74, 6) is -0.442. The van der Waals surface area contributed by atoms with Crippen LogP contribution >= 0.6 is 0 Å². The highest BCUT2D eigenvalue weighted by Crippen LogP contribution is 2.47. The number of aromatic nitrogens is 6. The van der Waals surface area contributed by atoms with E-state index in [1.54, 1.807) is 29.7 Å². The fraction of sp³-hybridized carbons (Fsp3) is 0.227. The van der Waals surface area contributed by atoms with Crippen molar-refractivity contribution in [2.24, 2.45) is 11.8 Å². The molecule has 3 amide bonds. The first-order valence-corrected chi connectivity index (χ1v) is 41.8. The molecule has 2 aliphatic heterocycles. The van der Waals surface area contributed by atoms with E-state index in [4.69, 9.17) is 14.9 Å². The molecule has 16 rings (SSSR count). The molecule has 3 N–H and O–H groups in total. The summed E-state index contributed by atoms with van der Waals surface area (Å²) in [4.78, 5) is 51.7. The molecule has 4 unspecified atom stereocenters. The fourth-order valence-electron chi connectivity index (χ4n) is 16.4. The first-order chi connectivity index (χ1) is 54.8. The summed E-state index contributed by atoms with van der Waals surface area (Å²) in [5, 5.41) is 22.8. The van der Waals surface area contributed by atoms with Gasteiger partial charge in [-0.15, -0.1) is 0 Å². The number of nitrogens with one attached hydrogen (secondary N) is 3. The minimum Gasteiger partial charge on any atom is -0.444 e. The van der Waals surface area contributed by atoms with Crippen molar-refractivity contribution >= 4 is 59.9 Å². The van der Waals surface area contributed by atoms with Gasteiger partial charge in [-0.2, -0.15) is 10.2 Å². The van der Waals surface area contributed by atoms with Crippen molar-refractivity contribution in [2.75, 3.05) is 36.8 Å². The highest BCUT2D eigenvalue weighted by Gasteiger charge is 2.44. The summed E-state index contributed by atoms with van der Waals surface area (Å²) in [5.41, 5.74) is 13.2. The van der Waals surface area contributed by atoms with E-state index in [1.165, 1.54) is 23.7 Å². The van der Waals surface area contributed by atoms with Gasteiger partial charge in [0, 0.05) is 99.0 Å². The maximum Gasteiger partial charge on any atom is 0.410 e. The molecule has 10 aromatic carbocycles. The van der Waals surface area contributed by atoms with Gasteiger partial charge in [0.25, 0.3) is 0 Å². The van der Waals surface area contributed by atoms with Gasteiger partial charge in [-0.05, 0) is 145 Å². The number of fused-ring (bicyclic) bond motifs is 2. The second-order valence-electron chi connectivity index (χ2n) is 30.3. The zero-order chi connectivity index (χ0) is 77.4. The molecule has 0 spiro atoms. The largest absolute Gasteiger partial charge is 0.444 e. The van der Waals surface area contributed by atoms with E-state index >= 15 is 0 Å². The molecule has 2 fully saturated rings.